The molecule has 0 spiro atoms. The van der Waals surface area contributed by atoms with Gasteiger partial charge in [0.1, 0.15) is 0 Å². The molecule has 1 fully saturated rings. The van der Waals surface area contributed by atoms with Crippen LogP contribution in [0.4, 0.5) is 0 Å². The predicted molar refractivity (Wildman–Crippen MR) is 91.5 cm³/mol. The van der Waals surface area contributed by atoms with E-state index in [2.05, 4.69) is 5.32 Å². The normalized spacial score (nSPS) is 18.5. The van der Waals surface area contributed by atoms with Crippen LogP contribution in [0, 0.1) is 11.8 Å². The lowest BCUT2D eigenvalue weighted by Gasteiger charge is -2.30. The molecule has 1 amide bonds. The Morgan fingerprint density at radius 2 is 1.87 bits per heavy atom. The van der Waals surface area contributed by atoms with Crippen LogP contribution in [-0.4, -0.2) is 44.5 Å². The van der Waals surface area contributed by atoms with Crippen molar-refractivity contribution in [1.29, 1.82) is 0 Å². The van der Waals surface area contributed by atoms with Crippen LogP contribution < -0.4 is 5.32 Å². The van der Waals surface area contributed by atoms with E-state index < -0.39 is 10.0 Å². The molecule has 1 aliphatic heterocycles. The van der Waals surface area contributed by atoms with Gasteiger partial charge < -0.3 is 5.32 Å². The Morgan fingerprint density at radius 3 is 2.43 bits per heavy atom. The maximum atomic E-state index is 12.2. The molecular formula is C17H26N2O3S. The number of nitrogens with zero attached hydrogens (tertiary/aromatic N) is 1. The Hall–Kier alpha value is -1.40. The largest absolute Gasteiger partial charge is 0.356 e. The fraction of sp³-hybridized carbons (Fsp3) is 0.588. The first-order valence-electron chi connectivity index (χ1n) is 8.13. The topological polar surface area (TPSA) is 66.5 Å². The molecule has 23 heavy (non-hydrogen) atoms. The van der Waals surface area contributed by atoms with Crippen LogP contribution in [0.15, 0.2) is 30.3 Å². The number of hydrogen-bond donors (Lipinski definition) is 1. The minimum absolute atomic E-state index is 0.0616. The summed E-state index contributed by atoms with van der Waals surface area (Å²) in [6.07, 6.45) is 3.60. The molecule has 1 heterocycles. The van der Waals surface area contributed by atoms with Crippen molar-refractivity contribution >= 4 is 15.9 Å². The van der Waals surface area contributed by atoms with Crippen LogP contribution >= 0.6 is 0 Å². The highest BCUT2D eigenvalue weighted by Crippen LogP contribution is 2.18. The quantitative estimate of drug-likeness (QED) is 0.858. The first-order valence-corrected chi connectivity index (χ1v) is 9.98. The predicted octanol–water partition coefficient (Wildman–Crippen LogP) is 1.65. The minimum atomic E-state index is -3.08. The smallest absolute Gasteiger partial charge is 0.223 e. The van der Waals surface area contributed by atoms with Gasteiger partial charge in [0.15, 0.2) is 0 Å². The molecule has 1 aromatic rings. The molecule has 1 saturated heterocycles. The van der Waals surface area contributed by atoms with Gasteiger partial charge in [-0.15, -0.1) is 0 Å². The molecule has 6 heteroatoms. The number of sulfonamides is 1. The highest BCUT2D eigenvalue weighted by atomic mass is 32.2. The van der Waals surface area contributed by atoms with Gasteiger partial charge in [-0.1, -0.05) is 37.3 Å². The molecule has 1 atom stereocenters. The van der Waals surface area contributed by atoms with Crippen LogP contribution in [0.2, 0.25) is 0 Å². The number of amides is 1. The highest BCUT2D eigenvalue weighted by Gasteiger charge is 2.25. The van der Waals surface area contributed by atoms with Gasteiger partial charge >= 0.3 is 0 Å². The molecule has 2 rings (SSSR count). The van der Waals surface area contributed by atoms with E-state index in [4.69, 9.17) is 0 Å². The van der Waals surface area contributed by atoms with Gasteiger partial charge in [0.2, 0.25) is 15.9 Å². The van der Waals surface area contributed by atoms with Crippen molar-refractivity contribution in [3.05, 3.63) is 35.9 Å². The number of nitrogens with one attached hydrogen (secondary N) is 1. The Balaban J connectivity index is 1.73. The molecule has 1 N–H and O–H groups in total. The molecule has 0 aliphatic carbocycles. The Labute approximate surface area is 139 Å². The SMILES string of the molecule is C[C@@H](Cc1ccccc1)C(=O)NCC1CCN(S(C)(=O)=O)CC1. The zero-order valence-corrected chi connectivity index (χ0v) is 14.7. The molecule has 0 saturated carbocycles. The third-order valence-electron chi connectivity index (χ3n) is 4.44. The van der Waals surface area contributed by atoms with Crippen molar-refractivity contribution < 1.29 is 13.2 Å². The molecule has 0 bridgehead atoms. The third kappa shape index (κ3) is 5.62. The van der Waals surface area contributed by atoms with Crippen LogP contribution in [0.5, 0.6) is 0 Å². The molecule has 128 valence electrons. The van der Waals surface area contributed by atoms with Gasteiger partial charge in [-0.3, -0.25) is 4.79 Å². The van der Waals surface area contributed by atoms with Gasteiger partial charge in [0.25, 0.3) is 0 Å². The summed E-state index contributed by atoms with van der Waals surface area (Å²) in [6.45, 7) is 3.68. The van der Waals surface area contributed by atoms with E-state index in [9.17, 15) is 13.2 Å². The van der Waals surface area contributed by atoms with Crippen molar-refractivity contribution in [1.82, 2.24) is 9.62 Å². The zero-order chi connectivity index (χ0) is 16.9. The number of benzene rings is 1. The molecule has 1 aliphatic rings. The second-order valence-corrected chi connectivity index (χ2v) is 8.42. The number of hydrogen-bond acceptors (Lipinski definition) is 3. The molecule has 5 nitrogen and oxygen atoms in total. The molecular weight excluding hydrogens is 312 g/mol. The zero-order valence-electron chi connectivity index (χ0n) is 13.9. The average Bonchev–Trinajstić information content (AvgIpc) is 2.53. The Bertz CT molecular complexity index is 608. The fourth-order valence-corrected chi connectivity index (χ4v) is 3.80. The summed E-state index contributed by atoms with van der Waals surface area (Å²) in [5.41, 5.74) is 1.16. The monoisotopic (exact) mass is 338 g/mol. The number of piperidine rings is 1. The van der Waals surface area contributed by atoms with E-state index >= 15 is 0 Å². The lowest BCUT2D eigenvalue weighted by atomic mass is 9.97. The number of carbonyl (C=O) groups excluding carboxylic acids is 1. The summed E-state index contributed by atoms with van der Waals surface area (Å²) in [7, 11) is -3.08. The lowest BCUT2D eigenvalue weighted by Crippen LogP contribution is -2.42. The lowest BCUT2D eigenvalue weighted by molar-refractivity contribution is -0.124. The number of rotatable bonds is 6. The van der Waals surface area contributed by atoms with Crippen molar-refractivity contribution in [3.63, 3.8) is 0 Å². The summed E-state index contributed by atoms with van der Waals surface area (Å²) in [4.78, 5) is 12.2. The second kappa shape index (κ2) is 7.93. The van der Waals surface area contributed by atoms with E-state index in [1.807, 2.05) is 37.3 Å². The summed E-state index contributed by atoms with van der Waals surface area (Å²) in [5, 5.41) is 3.02. The van der Waals surface area contributed by atoms with E-state index in [0.717, 1.165) is 24.8 Å². The Morgan fingerprint density at radius 1 is 1.26 bits per heavy atom. The molecule has 1 aromatic carbocycles. The fourth-order valence-electron chi connectivity index (χ4n) is 2.92. The van der Waals surface area contributed by atoms with Crippen molar-refractivity contribution in [2.24, 2.45) is 11.8 Å². The van der Waals surface area contributed by atoms with Crippen LogP contribution in [0.3, 0.4) is 0 Å². The van der Waals surface area contributed by atoms with Crippen molar-refractivity contribution in [2.45, 2.75) is 26.2 Å². The minimum Gasteiger partial charge on any atom is -0.356 e. The first-order chi connectivity index (χ1) is 10.9. The summed E-state index contributed by atoms with van der Waals surface area (Å²) < 4.78 is 24.5. The van der Waals surface area contributed by atoms with Gasteiger partial charge in [-0.05, 0) is 30.7 Å². The van der Waals surface area contributed by atoms with Crippen molar-refractivity contribution in [2.75, 3.05) is 25.9 Å². The highest BCUT2D eigenvalue weighted by molar-refractivity contribution is 7.88. The van der Waals surface area contributed by atoms with E-state index in [1.165, 1.54) is 10.6 Å². The Kier molecular flexibility index (Phi) is 6.18. The van der Waals surface area contributed by atoms with Crippen molar-refractivity contribution in [3.8, 4) is 0 Å². The third-order valence-corrected chi connectivity index (χ3v) is 5.74. The average molecular weight is 338 g/mol. The van der Waals surface area contributed by atoms with Gasteiger partial charge in [0.05, 0.1) is 6.26 Å². The summed E-state index contributed by atoms with van der Waals surface area (Å²) in [5.74, 6) is 0.369. The first kappa shape index (κ1) is 17.9. The maximum absolute atomic E-state index is 12.2. The summed E-state index contributed by atoms with van der Waals surface area (Å²) in [6, 6.07) is 10.00. The second-order valence-electron chi connectivity index (χ2n) is 6.44. The maximum Gasteiger partial charge on any atom is 0.223 e. The molecule has 0 aromatic heterocycles. The van der Waals surface area contributed by atoms with E-state index in [0.29, 0.717) is 25.6 Å². The van der Waals surface area contributed by atoms with E-state index in [1.54, 1.807) is 0 Å². The standard InChI is InChI=1S/C17H26N2O3S/c1-14(12-15-6-4-3-5-7-15)17(20)18-13-16-8-10-19(11-9-16)23(2,21)22/h3-7,14,16H,8-13H2,1-2H3,(H,18,20)/t14-/m0/s1. The van der Waals surface area contributed by atoms with Gasteiger partial charge in [-0.2, -0.15) is 0 Å². The van der Waals surface area contributed by atoms with Gasteiger partial charge in [0, 0.05) is 25.6 Å². The van der Waals surface area contributed by atoms with Crippen LogP contribution in [-0.2, 0) is 21.2 Å². The van der Waals surface area contributed by atoms with Crippen LogP contribution in [0.1, 0.15) is 25.3 Å². The summed E-state index contributed by atoms with van der Waals surface area (Å²) >= 11 is 0. The molecule has 0 unspecified atom stereocenters. The molecule has 0 radical (unpaired) electrons. The van der Waals surface area contributed by atoms with Gasteiger partial charge in [-0.25, -0.2) is 12.7 Å². The number of carbonyl (C=O) groups is 1. The van der Waals surface area contributed by atoms with E-state index in [-0.39, 0.29) is 11.8 Å². The van der Waals surface area contributed by atoms with Crippen LogP contribution in [0.25, 0.3) is 0 Å².